The van der Waals surface area contributed by atoms with Gasteiger partial charge in [-0.1, -0.05) is 0 Å². The van der Waals surface area contributed by atoms with Crippen molar-refractivity contribution in [1.82, 2.24) is 4.90 Å². The topological polar surface area (TPSA) is 48.0 Å². The van der Waals surface area contributed by atoms with Gasteiger partial charge in [-0.05, 0) is 62.1 Å². The lowest BCUT2D eigenvalue weighted by atomic mass is 10.1. The zero-order chi connectivity index (χ0) is 19.2. The molecule has 1 amide bonds. The van der Waals surface area contributed by atoms with Crippen LogP contribution < -0.4 is 14.2 Å². The van der Waals surface area contributed by atoms with Gasteiger partial charge in [0.25, 0.3) is 5.91 Å². The van der Waals surface area contributed by atoms with E-state index in [0.717, 1.165) is 29.9 Å². The molecule has 0 spiro atoms. The second kappa shape index (κ2) is 8.80. The monoisotopic (exact) mass is 369 g/mol. The van der Waals surface area contributed by atoms with Crippen LogP contribution in [0.25, 0.3) is 0 Å². The van der Waals surface area contributed by atoms with Crippen molar-refractivity contribution in [3.05, 3.63) is 53.6 Å². The molecule has 1 aliphatic carbocycles. The standard InChI is InChI=1S/C22H27NO4/c1-23(15-17-10-13-20(25-2)14-21(17)26-3)22(24)16-8-11-19(12-9-16)27-18-6-4-5-7-18/h8-14,18H,4-7,15H2,1-3H3. The molecule has 144 valence electrons. The average Bonchev–Trinajstić information content (AvgIpc) is 3.21. The lowest BCUT2D eigenvalue weighted by Gasteiger charge is -2.20. The molecule has 0 heterocycles. The third-order valence-electron chi connectivity index (χ3n) is 4.95. The summed E-state index contributed by atoms with van der Waals surface area (Å²) in [6, 6.07) is 13.0. The number of carbonyl (C=O) groups is 1. The van der Waals surface area contributed by atoms with Crippen LogP contribution in [0.4, 0.5) is 0 Å². The summed E-state index contributed by atoms with van der Waals surface area (Å²) in [7, 11) is 5.02. The van der Waals surface area contributed by atoms with Gasteiger partial charge < -0.3 is 19.1 Å². The minimum absolute atomic E-state index is 0.0414. The van der Waals surface area contributed by atoms with Gasteiger partial charge in [-0.3, -0.25) is 4.79 Å². The fraction of sp³-hybridized carbons (Fsp3) is 0.409. The predicted molar refractivity (Wildman–Crippen MR) is 105 cm³/mol. The summed E-state index contributed by atoms with van der Waals surface area (Å²) in [6.07, 6.45) is 5.03. The normalized spacial score (nSPS) is 14.0. The molecule has 0 N–H and O–H groups in total. The van der Waals surface area contributed by atoms with Crippen molar-refractivity contribution < 1.29 is 19.0 Å². The molecule has 1 saturated carbocycles. The first-order valence-corrected chi connectivity index (χ1v) is 9.34. The Morgan fingerprint density at radius 1 is 1.00 bits per heavy atom. The Hall–Kier alpha value is -2.69. The highest BCUT2D eigenvalue weighted by Gasteiger charge is 2.18. The van der Waals surface area contributed by atoms with Crippen LogP contribution in [0.3, 0.4) is 0 Å². The van der Waals surface area contributed by atoms with Crippen LogP contribution in [0.5, 0.6) is 17.2 Å². The van der Waals surface area contributed by atoms with Crippen LogP contribution >= 0.6 is 0 Å². The second-order valence-electron chi connectivity index (χ2n) is 6.89. The number of hydrogen-bond donors (Lipinski definition) is 0. The molecule has 0 aromatic heterocycles. The molecule has 0 saturated heterocycles. The van der Waals surface area contributed by atoms with E-state index in [1.54, 1.807) is 26.2 Å². The molecule has 2 aromatic rings. The largest absolute Gasteiger partial charge is 0.497 e. The van der Waals surface area contributed by atoms with E-state index in [1.165, 1.54) is 12.8 Å². The molecule has 0 radical (unpaired) electrons. The first-order chi connectivity index (χ1) is 13.1. The van der Waals surface area contributed by atoms with Gasteiger partial charge in [-0.2, -0.15) is 0 Å². The highest BCUT2D eigenvalue weighted by atomic mass is 16.5. The maximum atomic E-state index is 12.7. The van der Waals surface area contributed by atoms with Crippen molar-refractivity contribution in [1.29, 1.82) is 0 Å². The summed E-state index contributed by atoms with van der Waals surface area (Å²) in [6.45, 7) is 0.451. The number of methoxy groups -OCH3 is 2. The maximum absolute atomic E-state index is 12.7. The van der Waals surface area contributed by atoms with Crippen LogP contribution in [0.15, 0.2) is 42.5 Å². The van der Waals surface area contributed by atoms with Crippen molar-refractivity contribution in [2.75, 3.05) is 21.3 Å². The Morgan fingerprint density at radius 3 is 2.30 bits per heavy atom. The van der Waals surface area contributed by atoms with E-state index in [0.29, 0.717) is 24.0 Å². The third kappa shape index (κ3) is 4.73. The highest BCUT2D eigenvalue weighted by molar-refractivity contribution is 5.94. The van der Waals surface area contributed by atoms with Gasteiger partial charge in [0.15, 0.2) is 0 Å². The molecule has 27 heavy (non-hydrogen) atoms. The third-order valence-corrected chi connectivity index (χ3v) is 4.95. The van der Waals surface area contributed by atoms with Gasteiger partial charge in [0.1, 0.15) is 17.2 Å². The van der Waals surface area contributed by atoms with Crippen LogP contribution in [0.1, 0.15) is 41.6 Å². The summed E-state index contributed by atoms with van der Waals surface area (Å²) in [5, 5.41) is 0. The van der Waals surface area contributed by atoms with Gasteiger partial charge in [0.05, 0.1) is 20.3 Å². The van der Waals surface area contributed by atoms with Crippen LogP contribution in [-0.2, 0) is 6.54 Å². The van der Waals surface area contributed by atoms with E-state index in [9.17, 15) is 4.79 Å². The number of benzene rings is 2. The Kier molecular flexibility index (Phi) is 6.22. The van der Waals surface area contributed by atoms with Crippen LogP contribution in [0, 0.1) is 0 Å². The van der Waals surface area contributed by atoms with Crippen LogP contribution in [-0.4, -0.2) is 38.2 Å². The second-order valence-corrected chi connectivity index (χ2v) is 6.89. The molecule has 0 atom stereocenters. The number of hydrogen-bond acceptors (Lipinski definition) is 4. The van der Waals surface area contributed by atoms with E-state index in [1.807, 2.05) is 42.5 Å². The predicted octanol–water partition coefficient (Wildman–Crippen LogP) is 4.30. The van der Waals surface area contributed by atoms with Gasteiger partial charge >= 0.3 is 0 Å². The smallest absolute Gasteiger partial charge is 0.253 e. The van der Waals surface area contributed by atoms with Crippen molar-refractivity contribution in [2.24, 2.45) is 0 Å². The molecule has 2 aromatic carbocycles. The van der Waals surface area contributed by atoms with E-state index in [4.69, 9.17) is 14.2 Å². The maximum Gasteiger partial charge on any atom is 0.253 e. The SMILES string of the molecule is COc1ccc(CN(C)C(=O)c2ccc(OC3CCCC3)cc2)c(OC)c1. The lowest BCUT2D eigenvalue weighted by Crippen LogP contribution is -2.26. The fourth-order valence-electron chi connectivity index (χ4n) is 3.40. The molecule has 0 aliphatic heterocycles. The summed E-state index contributed by atoms with van der Waals surface area (Å²) in [5.41, 5.74) is 1.57. The fourth-order valence-corrected chi connectivity index (χ4v) is 3.40. The van der Waals surface area contributed by atoms with E-state index >= 15 is 0 Å². The van der Waals surface area contributed by atoms with Gasteiger partial charge in [0.2, 0.25) is 0 Å². The average molecular weight is 369 g/mol. The van der Waals surface area contributed by atoms with Gasteiger partial charge in [0, 0.05) is 30.8 Å². The van der Waals surface area contributed by atoms with Crippen molar-refractivity contribution in [2.45, 2.75) is 38.3 Å². The minimum atomic E-state index is -0.0414. The quantitative estimate of drug-likeness (QED) is 0.730. The summed E-state index contributed by atoms with van der Waals surface area (Å²) >= 11 is 0. The van der Waals surface area contributed by atoms with Gasteiger partial charge in [-0.25, -0.2) is 0 Å². The van der Waals surface area contributed by atoms with E-state index < -0.39 is 0 Å². The molecule has 0 unspecified atom stereocenters. The number of rotatable bonds is 7. The number of nitrogens with zero attached hydrogens (tertiary/aromatic N) is 1. The molecular formula is C22H27NO4. The summed E-state index contributed by atoms with van der Waals surface area (Å²) in [5.74, 6) is 2.22. The Bertz CT molecular complexity index is 766. The molecule has 3 rings (SSSR count). The molecule has 1 fully saturated rings. The van der Waals surface area contributed by atoms with Gasteiger partial charge in [-0.15, -0.1) is 0 Å². The Labute approximate surface area is 160 Å². The molecule has 0 bridgehead atoms. The Morgan fingerprint density at radius 2 is 1.67 bits per heavy atom. The number of carbonyl (C=O) groups excluding carboxylic acids is 1. The van der Waals surface area contributed by atoms with Crippen molar-refractivity contribution in [3.8, 4) is 17.2 Å². The summed E-state index contributed by atoms with van der Waals surface area (Å²) in [4.78, 5) is 14.4. The highest BCUT2D eigenvalue weighted by Crippen LogP contribution is 2.27. The minimum Gasteiger partial charge on any atom is -0.497 e. The summed E-state index contributed by atoms with van der Waals surface area (Å²) < 4.78 is 16.6. The molecule has 5 heteroatoms. The zero-order valence-electron chi connectivity index (χ0n) is 16.2. The van der Waals surface area contributed by atoms with Crippen molar-refractivity contribution in [3.63, 3.8) is 0 Å². The zero-order valence-corrected chi connectivity index (χ0v) is 16.2. The van der Waals surface area contributed by atoms with E-state index in [2.05, 4.69) is 0 Å². The van der Waals surface area contributed by atoms with Crippen molar-refractivity contribution >= 4 is 5.91 Å². The Balaban J connectivity index is 1.64. The lowest BCUT2D eigenvalue weighted by molar-refractivity contribution is 0.0784. The molecule has 5 nitrogen and oxygen atoms in total. The van der Waals surface area contributed by atoms with Crippen LogP contribution in [0.2, 0.25) is 0 Å². The molecule has 1 aliphatic rings. The number of amides is 1. The number of ether oxygens (including phenoxy) is 3. The first-order valence-electron chi connectivity index (χ1n) is 9.34. The van der Waals surface area contributed by atoms with E-state index in [-0.39, 0.29) is 5.91 Å². The first kappa shape index (κ1) is 19.1. The molecular weight excluding hydrogens is 342 g/mol.